The molecule has 2 heterocycles. The molecule has 0 aromatic heterocycles. The van der Waals surface area contributed by atoms with Crippen molar-refractivity contribution < 1.29 is 53.6 Å². The Kier molecular flexibility index (Phi) is 13.7. The highest BCUT2D eigenvalue weighted by Crippen LogP contribution is 2.32. The number of hydrogen-bond acceptors (Lipinski definition) is 11. The first-order valence-electron chi connectivity index (χ1n) is 17.2. The SMILES string of the molecule is OC1OC(COC2OC(COCc3ccccc3)C(OCc3ccccc3)C(OCc3ccccc3)C2OCc2ccccc2)C(O)C(O)C1O. The predicted octanol–water partition coefficient (Wildman–Crippen LogP) is 3.50. The molecule has 51 heavy (non-hydrogen) atoms. The van der Waals surface area contributed by atoms with Crippen molar-refractivity contribution in [1.29, 1.82) is 0 Å². The van der Waals surface area contributed by atoms with Gasteiger partial charge in [0.25, 0.3) is 0 Å². The molecule has 2 fully saturated rings. The van der Waals surface area contributed by atoms with Crippen LogP contribution in [0.1, 0.15) is 22.3 Å². The third kappa shape index (κ3) is 10.3. The first-order valence-corrected chi connectivity index (χ1v) is 17.2. The average Bonchev–Trinajstić information content (AvgIpc) is 3.17. The zero-order chi connectivity index (χ0) is 35.4. The molecule has 11 nitrogen and oxygen atoms in total. The molecule has 4 aromatic carbocycles. The van der Waals surface area contributed by atoms with E-state index in [1.807, 2.05) is 121 Å². The fraction of sp³-hybridized carbons (Fsp3) is 0.400. The zero-order valence-corrected chi connectivity index (χ0v) is 28.2. The van der Waals surface area contributed by atoms with Gasteiger partial charge in [-0.15, -0.1) is 0 Å². The lowest BCUT2D eigenvalue weighted by atomic mass is 9.97. The highest BCUT2D eigenvalue weighted by Gasteiger charge is 2.50. The van der Waals surface area contributed by atoms with Gasteiger partial charge in [0, 0.05) is 0 Å². The van der Waals surface area contributed by atoms with Crippen molar-refractivity contribution in [1.82, 2.24) is 0 Å². The van der Waals surface area contributed by atoms with Gasteiger partial charge in [-0.05, 0) is 22.3 Å². The summed E-state index contributed by atoms with van der Waals surface area (Å²) in [5.41, 5.74) is 3.82. The van der Waals surface area contributed by atoms with Gasteiger partial charge in [-0.2, -0.15) is 0 Å². The van der Waals surface area contributed by atoms with E-state index < -0.39 is 61.4 Å². The number of rotatable bonds is 16. The van der Waals surface area contributed by atoms with Crippen molar-refractivity contribution in [3.05, 3.63) is 144 Å². The Labute approximate surface area is 297 Å². The molecule has 10 atom stereocenters. The number of aliphatic hydroxyl groups is 4. The van der Waals surface area contributed by atoms with E-state index >= 15 is 0 Å². The lowest BCUT2D eigenvalue weighted by Gasteiger charge is -2.46. The second kappa shape index (κ2) is 18.8. The molecule has 10 unspecified atom stereocenters. The molecule has 0 aliphatic carbocycles. The van der Waals surface area contributed by atoms with Gasteiger partial charge < -0.3 is 53.6 Å². The summed E-state index contributed by atoms with van der Waals surface area (Å²) < 4.78 is 44.4. The van der Waals surface area contributed by atoms with E-state index in [1.54, 1.807) is 0 Å². The zero-order valence-electron chi connectivity index (χ0n) is 28.2. The Morgan fingerprint density at radius 3 is 1.37 bits per heavy atom. The van der Waals surface area contributed by atoms with Crippen LogP contribution in [0, 0.1) is 0 Å². The van der Waals surface area contributed by atoms with E-state index in [4.69, 9.17) is 33.2 Å². The van der Waals surface area contributed by atoms with Crippen LogP contribution in [-0.4, -0.2) is 95.1 Å². The Hall–Kier alpha value is -3.56. The van der Waals surface area contributed by atoms with Crippen LogP contribution in [0.5, 0.6) is 0 Å². The van der Waals surface area contributed by atoms with E-state index in [0.717, 1.165) is 22.3 Å². The smallest absolute Gasteiger partial charge is 0.187 e. The number of hydrogen-bond donors (Lipinski definition) is 4. The predicted molar refractivity (Wildman–Crippen MR) is 185 cm³/mol. The largest absolute Gasteiger partial charge is 0.387 e. The minimum Gasteiger partial charge on any atom is -0.387 e. The van der Waals surface area contributed by atoms with Crippen LogP contribution in [0.25, 0.3) is 0 Å². The van der Waals surface area contributed by atoms with Gasteiger partial charge in [-0.1, -0.05) is 121 Å². The van der Waals surface area contributed by atoms with Crippen LogP contribution in [0.3, 0.4) is 0 Å². The van der Waals surface area contributed by atoms with Crippen LogP contribution in [0.2, 0.25) is 0 Å². The molecule has 4 aromatic rings. The maximum atomic E-state index is 10.7. The van der Waals surface area contributed by atoms with Gasteiger partial charge in [-0.25, -0.2) is 0 Å². The van der Waals surface area contributed by atoms with E-state index in [1.165, 1.54) is 0 Å². The van der Waals surface area contributed by atoms with Crippen LogP contribution < -0.4 is 0 Å². The van der Waals surface area contributed by atoms with Crippen molar-refractivity contribution in [2.24, 2.45) is 0 Å². The molecule has 0 spiro atoms. The third-order valence-electron chi connectivity index (χ3n) is 8.95. The fourth-order valence-corrected chi connectivity index (χ4v) is 6.14. The lowest BCUT2D eigenvalue weighted by Crippen LogP contribution is -2.63. The topological polar surface area (TPSA) is 146 Å². The average molecular weight is 703 g/mol. The first-order chi connectivity index (χ1) is 25.0. The van der Waals surface area contributed by atoms with E-state index in [0.29, 0.717) is 6.61 Å². The molecule has 6 rings (SSSR count). The molecule has 2 saturated heterocycles. The summed E-state index contributed by atoms with van der Waals surface area (Å²) in [5, 5.41) is 41.2. The molecule has 0 bridgehead atoms. The molecule has 4 N–H and O–H groups in total. The summed E-state index contributed by atoms with van der Waals surface area (Å²) in [5.74, 6) is 0. The number of ether oxygens (including phenoxy) is 7. The van der Waals surface area contributed by atoms with Crippen LogP contribution in [0.4, 0.5) is 0 Å². The first kappa shape index (κ1) is 37.2. The molecule has 2 aliphatic rings. The highest BCUT2D eigenvalue weighted by molar-refractivity contribution is 5.16. The minimum absolute atomic E-state index is 0.122. The number of aliphatic hydroxyl groups excluding tert-OH is 4. The van der Waals surface area contributed by atoms with Crippen LogP contribution >= 0.6 is 0 Å². The molecular formula is C40H46O11. The van der Waals surface area contributed by atoms with Gasteiger partial charge >= 0.3 is 0 Å². The van der Waals surface area contributed by atoms with Crippen molar-refractivity contribution in [2.75, 3.05) is 13.2 Å². The Morgan fingerprint density at radius 1 is 0.412 bits per heavy atom. The van der Waals surface area contributed by atoms with Crippen LogP contribution in [0.15, 0.2) is 121 Å². The normalized spacial score (nSPS) is 29.5. The lowest BCUT2D eigenvalue weighted by molar-refractivity contribution is -0.342. The van der Waals surface area contributed by atoms with Crippen molar-refractivity contribution in [3.8, 4) is 0 Å². The molecular weight excluding hydrogens is 656 g/mol. The maximum Gasteiger partial charge on any atom is 0.187 e. The standard InChI is InChI=1S/C40H46O11/c41-33-31(50-39(44)35(43)34(33)42)26-49-40-38(48-24-30-19-11-4-12-20-30)37(47-23-29-17-9-3-10-18-29)36(46-22-28-15-7-2-8-16-28)32(51-40)25-45-21-27-13-5-1-6-14-27/h1-20,31-44H,21-26H2. The summed E-state index contributed by atoms with van der Waals surface area (Å²) in [7, 11) is 0. The van der Waals surface area contributed by atoms with E-state index in [-0.39, 0.29) is 33.0 Å². The van der Waals surface area contributed by atoms with E-state index in [9.17, 15) is 20.4 Å². The highest BCUT2D eigenvalue weighted by atomic mass is 16.7. The minimum atomic E-state index is -1.72. The third-order valence-corrected chi connectivity index (χ3v) is 8.95. The molecule has 2 aliphatic heterocycles. The summed E-state index contributed by atoms with van der Waals surface area (Å²) >= 11 is 0. The van der Waals surface area contributed by atoms with E-state index in [2.05, 4.69) is 0 Å². The van der Waals surface area contributed by atoms with Crippen LogP contribution in [-0.2, 0) is 59.6 Å². The maximum absolute atomic E-state index is 10.7. The summed E-state index contributed by atoms with van der Waals surface area (Å²) in [6.45, 7) is 0.862. The second-order valence-corrected chi connectivity index (χ2v) is 12.7. The Bertz CT molecular complexity index is 1550. The molecule has 0 saturated carbocycles. The van der Waals surface area contributed by atoms with Gasteiger partial charge in [-0.3, -0.25) is 0 Å². The summed E-state index contributed by atoms with van der Waals surface area (Å²) in [6, 6.07) is 39.0. The van der Waals surface area contributed by atoms with Crippen molar-refractivity contribution in [2.45, 2.75) is 87.8 Å². The Morgan fingerprint density at radius 2 is 0.863 bits per heavy atom. The van der Waals surface area contributed by atoms with Gasteiger partial charge in [0.1, 0.15) is 48.8 Å². The molecule has 0 amide bonds. The summed E-state index contributed by atoms with van der Waals surface area (Å²) in [4.78, 5) is 0. The quantitative estimate of drug-likeness (QED) is 0.136. The second-order valence-electron chi connectivity index (χ2n) is 12.7. The molecule has 0 radical (unpaired) electrons. The van der Waals surface area contributed by atoms with Gasteiger partial charge in [0.15, 0.2) is 12.6 Å². The van der Waals surface area contributed by atoms with Crippen molar-refractivity contribution in [3.63, 3.8) is 0 Å². The van der Waals surface area contributed by atoms with Crippen molar-refractivity contribution >= 4 is 0 Å². The fourth-order valence-electron chi connectivity index (χ4n) is 6.14. The van der Waals surface area contributed by atoms with Gasteiger partial charge in [0.2, 0.25) is 0 Å². The van der Waals surface area contributed by atoms with Gasteiger partial charge in [0.05, 0.1) is 39.6 Å². The number of benzene rings is 4. The molecule has 272 valence electrons. The monoisotopic (exact) mass is 702 g/mol. The summed E-state index contributed by atoms with van der Waals surface area (Å²) in [6.07, 6.45) is -11.8. The molecule has 11 heteroatoms. The Balaban J connectivity index is 1.29.